The first-order valence-corrected chi connectivity index (χ1v) is 8.74. The Morgan fingerprint density at radius 3 is 2.62 bits per heavy atom. The number of hydrogen-bond acceptors (Lipinski definition) is 4. The number of rotatable bonds is 4. The molecular weight excluding hydrogens is 316 g/mol. The second-order valence-electron chi connectivity index (χ2n) is 5.61. The molecule has 0 bridgehead atoms. The zero-order valence-electron chi connectivity index (χ0n) is 13.3. The van der Waals surface area contributed by atoms with Crippen LogP contribution >= 0.6 is 11.8 Å². The molecule has 4 aromatic rings. The smallest absolute Gasteiger partial charge is 0.187 e. The van der Waals surface area contributed by atoms with Crippen LogP contribution in [0.1, 0.15) is 11.1 Å². The molecule has 4 rings (SSSR count). The van der Waals surface area contributed by atoms with Gasteiger partial charge in [0.25, 0.3) is 0 Å². The van der Waals surface area contributed by atoms with Crippen molar-refractivity contribution in [2.75, 3.05) is 0 Å². The van der Waals surface area contributed by atoms with Gasteiger partial charge in [-0.1, -0.05) is 71.9 Å². The van der Waals surface area contributed by atoms with Crippen molar-refractivity contribution < 1.29 is 0 Å². The third-order valence-electron chi connectivity index (χ3n) is 3.75. The van der Waals surface area contributed by atoms with E-state index in [-0.39, 0.29) is 0 Å². The van der Waals surface area contributed by atoms with E-state index in [4.69, 9.17) is 5.10 Å². The van der Waals surface area contributed by atoms with Crippen LogP contribution in [0, 0.1) is 6.92 Å². The SMILES string of the molecule is Cc1cccc(CSc2nnc3ccc(-c4ccccc4)nn23)c1. The third-order valence-corrected chi connectivity index (χ3v) is 4.74. The van der Waals surface area contributed by atoms with Crippen molar-refractivity contribution in [2.45, 2.75) is 17.8 Å². The summed E-state index contributed by atoms with van der Waals surface area (Å²) in [4.78, 5) is 0. The van der Waals surface area contributed by atoms with Gasteiger partial charge < -0.3 is 0 Å². The minimum absolute atomic E-state index is 0.765. The highest BCUT2D eigenvalue weighted by Gasteiger charge is 2.09. The summed E-state index contributed by atoms with van der Waals surface area (Å²) in [7, 11) is 0. The Morgan fingerprint density at radius 2 is 1.79 bits per heavy atom. The van der Waals surface area contributed by atoms with E-state index in [0.29, 0.717) is 0 Å². The number of aromatic nitrogens is 4. The predicted molar refractivity (Wildman–Crippen MR) is 97.0 cm³/mol. The standard InChI is InChI=1S/C19H16N4S/c1-14-6-5-7-15(12-14)13-24-19-21-20-18-11-10-17(22-23(18)19)16-8-3-2-4-9-16/h2-12H,13H2,1H3. The van der Waals surface area contributed by atoms with Crippen molar-refractivity contribution in [2.24, 2.45) is 0 Å². The average molecular weight is 332 g/mol. The van der Waals surface area contributed by atoms with Crippen LogP contribution in [-0.2, 0) is 5.75 Å². The molecule has 24 heavy (non-hydrogen) atoms. The van der Waals surface area contributed by atoms with E-state index in [9.17, 15) is 0 Å². The zero-order valence-corrected chi connectivity index (χ0v) is 14.1. The van der Waals surface area contributed by atoms with E-state index in [0.717, 1.165) is 27.8 Å². The molecule has 0 radical (unpaired) electrons. The summed E-state index contributed by atoms with van der Waals surface area (Å²) >= 11 is 1.65. The van der Waals surface area contributed by atoms with Crippen molar-refractivity contribution in [3.8, 4) is 11.3 Å². The van der Waals surface area contributed by atoms with Crippen LogP contribution in [0.5, 0.6) is 0 Å². The fourth-order valence-corrected chi connectivity index (χ4v) is 3.40. The largest absolute Gasteiger partial charge is 0.212 e. The second kappa shape index (κ2) is 6.45. The van der Waals surface area contributed by atoms with Gasteiger partial charge in [0.05, 0.1) is 5.69 Å². The van der Waals surface area contributed by atoms with Crippen LogP contribution in [0.4, 0.5) is 0 Å². The van der Waals surface area contributed by atoms with Crippen LogP contribution in [0.2, 0.25) is 0 Å². The first kappa shape index (κ1) is 14.9. The number of thioether (sulfide) groups is 1. The lowest BCUT2D eigenvalue weighted by Crippen LogP contribution is -1.96. The summed E-state index contributed by atoms with van der Waals surface area (Å²) in [6.45, 7) is 2.11. The Labute approximate surface area is 144 Å². The Kier molecular flexibility index (Phi) is 4.01. The minimum Gasteiger partial charge on any atom is -0.187 e. The van der Waals surface area contributed by atoms with Crippen LogP contribution in [-0.4, -0.2) is 19.8 Å². The van der Waals surface area contributed by atoms with Crippen molar-refractivity contribution in [1.82, 2.24) is 19.8 Å². The topological polar surface area (TPSA) is 43.1 Å². The molecule has 0 N–H and O–H groups in total. The van der Waals surface area contributed by atoms with Crippen molar-refractivity contribution in [3.05, 3.63) is 77.9 Å². The van der Waals surface area contributed by atoms with Gasteiger partial charge in [-0.05, 0) is 24.6 Å². The first-order chi connectivity index (χ1) is 11.8. The molecule has 0 saturated carbocycles. The number of fused-ring (bicyclic) bond motifs is 1. The Bertz CT molecular complexity index is 979. The van der Waals surface area contributed by atoms with E-state index in [1.807, 2.05) is 34.8 Å². The second-order valence-corrected chi connectivity index (χ2v) is 6.56. The third kappa shape index (κ3) is 3.03. The first-order valence-electron chi connectivity index (χ1n) is 7.76. The molecule has 118 valence electrons. The van der Waals surface area contributed by atoms with Gasteiger partial charge in [-0.2, -0.15) is 9.61 Å². The van der Waals surface area contributed by atoms with Crippen molar-refractivity contribution in [3.63, 3.8) is 0 Å². The maximum Gasteiger partial charge on any atom is 0.212 e. The molecule has 4 nitrogen and oxygen atoms in total. The molecule has 0 saturated heterocycles. The van der Waals surface area contributed by atoms with E-state index in [2.05, 4.69) is 53.5 Å². The normalized spacial score (nSPS) is 11.0. The highest BCUT2D eigenvalue weighted by molar-refractivity contribution is 7.98. The van der Waals surface area contributed by atoms with E-state index < -0.39 is 0 Å². The fraction of sp³-hybridized carbons (Fsp3) is 0.105. The van der Waals surface area contributed by atoms with Gasteiger partial charge in [-0.3, -0.25) is 0 Å². The lowest BCUT2D eigenvalue weighted by Gasteiger charge is -2.04. The van der Waals surface area contributed by atoms with Gasteiger partial charge in [0.1, 0.15) is 0 Å². The Morgan fingerprint density at radius 1 is 0.917 bits per heavy atom. The van der Waals surface area contributed by atoms with Crippen LogP contribution < -0.4 is 0 Å². The summed E-state index contributed by atoms with van der Waals surface area (Å²) in [5, 5.41) is 14.0. The van der Waals surface area contributed by atoms with Gasteiger partial charge in [0, 0.05) is 11.3 Å². The van der Waals surface area contributed by atoms with E-state index >= 15 is 0 Å². The summed E-state index contributed by atoms with van der Waals surface area (Å²) < 4.78 is 1.82. The molecule has 2 heterocycles. The molecule has 2 aromatic carbocycles. The maximum absolute atomic E-state index is 4.71. The molecule has 0 fully saturated rings. The number of nitrogens with zero attached hydrogens (tertiary/aromatic N) is 4. The summed E-state index contributed by atoms with van der Waals surface area (Å²) in [6, 6.07) is 22.6. The molecule has 0 aliphatic heterocycles. The van der Waals surface area contributed by atoms with Crippen LogP contribution in [0.25, 0.3) is 16.9 Å². The van der Waals surface area contributed by atoms with Gasteiger partial charge in [0.15, 0.2) is 5.65 Å². The van der Waals surface area contributed by atoms with Gasteiger partial charge >= 0.3 is 0 Å². The lowest BCUT2D eigenvalue weighted by atomic mass is 10.1. The molecule has 5 heteroatoms. The molecule has 0 aliphatic rings. The highest BCUT2D eigenvalue weighted by Crippen LogP contribution is 2.23. The Balaban J connectivity index is 1.64. The van der Waals surface area contributed by atoms with Crippen molar-refractivity contribution >= 4 is 17.4 Å². The van der Waals surface area contributed by atoms with Crippen LogP contribution in [0.3, 0.4) is 0 Å². The summed E-state index contributed by atoms with van der Waals surface area (Å²) in [6.07, 6.45) is 0. The quantitative estimate of drug-likeness (QED) is 0.520. The predicted octanol–water partition coefficient (Wildman–Crippen LogP) is 4.39. The molecule has 0 unspecified atom stereocenters. The summed E-state index contributed by atoms with van der Waals surface area (Å²) in [5.41, 5.74) is 5.31. The molecule has 0 amide bonds. The van der Waals surface area contributed by atoms with Gasteiger partial charge in [0.2, 0.25) is 5.16 Å². The summed E-state index contributed by atoms with van der Waals surface area (Å²) in [5.74, 6) is 0.847. The van der Waals surface area contributed by atoms with E-state index in [1.54, 1.807) is 11.8 Å². The monoisotopic (exact) mass is 332 g/mol. The fourth-order valence-electron chi connectivity index (χ4n) is 2.57. The van der Waals surface area contributed by atoms with Crippen molar-refractivity contribution in [1.29, 1.82) is 0 Å². The molecule has 0 aliphatic carbocycles. The van der Waals surface area contributed by atoms with Gasteiger partial charge in [-0.25, -0.2) is 0 Å². The maximum atomic E-state index is 4.71. The minimum atomic E-state index is 0.765. The van der Waals surface area contributed by atoms with Gasteiger partial charge in [-0.15, -0.1) is 10.2 Å². The number of hydrogen-bond donors (Lipinski definition) is 0. The van der Waals surface area contributed by atoms with Crippen LogP contribution in [0.15, 0.2) is 71.9 Å². The molecular formula is C19H16N4S. The number of benzene rings is 2. The zero-order chi connectivity index (χ0) is 16.4. The highest BCUT2D eigenvalue weighted by atomic mass is 32.2. The molecule has 0 atom stereocenters. The lowest BCUT2D eigenvalue weighted by molar-refractivity contribution is 0.813. The molecule has 2 aromatic heterocycles. The average Bonchev–Trinajstić information content (AvgIpc) is 3.03. The van der Waals surface area contributed by atoms with E-state index in [1.165, 1.54) is 11.1 Å². The molecule has 0 spiro atoms. The Hall–Kier alpha value is -2.66. The number of aryl methyl sites for hydroxylation is 1.